The molecule has 3 aromatic carbocycles. The van der Waals surface area contributed by atoms with Gasteiger partial charge in [-0.2, -0.15) is 0 Å². The van der Waals surface area contributed by atoms with Crippen molar-refractivity contribution in [2.24, 2.45) is 0 Å². The Labute approximate surface area is 193 Å². The van der Waals surface area contributed by atoms with Crippen LogP contribution in [0.15, 0.2) is 60.3 Å². The molecular formula is C27H25ClN2O2. The SMILES string of the molecule is Cc1cc(C)cc(NC2=C(c3ccc(C)cc3C)C(=O)N(c3ccc(Cl)cc3C)C2=O)c1. The first kappa shape index (κ1) is 21.8. The van der Waals surface area contributed by atoms with E-state index in [-0.39, 0.29) is 17.5 Å². The molecule has 1 N–H and O–H groups in total. The van der Waals surface area contributed by atoms with E-state index in [1.165, 1.54) is 4.90 Å². The zero-order valence-corrected chi connectivity index (χ0v) is 19.6. The molecule has 0 radical (unpaired) electrons. The van der Waals surface area contributed by atoms with Gasteiger partial charge in [0, 0.05) is 10.7 Å². The number of amides is 2. The van der Waals surface area contributed by atoms with Gasteiger partial charge in [-0.1, -0.05) is 41.4 Å². The van der Waals surface area contributed by atoms with E-state index in [0.717, 1.165) is 39.1 Å². The maximum absolute atomic E-state index is 13.7. The van der Waals surface area contributed by atoms with Crippen LogP contribution < -0.4 is 10.2 Å². The maximum atomic E-state index is 13.7. The summed E-state index contributed by atoms with van der Waals surface area (Å²) < 4.78 is 0. The van der Waals surface area contributed by atoms with Crippen LogP contribution in [0.25, 0.3) is 5.57 Å². The number of nitrogens with one attached hydrogen (secondary N) is 1. The maximum Gasteiger partial charge on any atom is 0.282 e. The lowest BCUT2D eigenvalue weighted by molar-refractivity contribution is -0.120. The van der Waals surface area contributed by atoms with Crippen molar-refractivity contribution in [3.63, 3.8) is 0 Å². The molecule has 3 aromatic rings. The van der Waals surface area contributed by atoms with Crippen LogP contribution in [0, 0.1) is 34.6 Å². The van der Waals surface area contributed by atoms with E-state index in [4.69, 9.17) is 11.6 Å². The van der Waals surface area contributed by atoms with Crippen LogP contribution in [0.5, 0.6) is 0 Å². The molecule has 0 fully saturated rings. The van der Waals surface area contributed by atoms with Crippen LogP contribution in [0.3, 0.4) is 0 Å². The number of aryl methyl sites for hydroxylation is 5. The number of anilines is 2. The third kappa shape index (κ3) is 3.94. The molecule has 2 amide bonds. The number of halogens is 1. The molecule has 32 heavy (non-hydrogen) atoms. The third-order valence-corrected chi connectivity index (χ3v) is 5.86. The van der Waals surface area contributed by atoms with Crippen molar-refractivity contribution in [3.8, 4) is 0 Å². The van der Waals surface area contributed by atoms with E-state index in [1.54, 1.807) is 18.2 Å². The van der Waals surface area contributed by atoms with E-state index in [9.17, 15) is 9.59 Å². The predicted octanol–water partition coefficient (Wildman–Crippen LogP) is 6.28. The number of hydrogen-bond donors (Lipinski definition) is 1. The predicted molar refractivity (Wildman–Crippen MR) is 131 cm³/mol. The molecule has 1 heterocycles. The second-order valence-corrected chi connectivity index (χ2v) is 8.88. The normalized spacial score (nSPS) is 13.9. The molecular weight excluding hydrogens is 420 g/mol. The minimum Gasteiger partial charge on any atom is -0.350 e. The lowest BCUT2D eigenvalue weighted by atomic mass is 9.97. The summed E-state index contributed by atoms with van der Waals surface area (Å²) in [6.45, 7) is 9.81. The Hall–Kier alpha value is -3.37. The van der Waals surface area contributed by atoms with Gasteiger partial charge >= 0.3 is 0 Å². The average Bonchev–Trinajstić information content (AvgIpc) is 2.92. The molecule has 5 heteroatoms. The number of nitrogens with zero attached hydrogens (tertiary/aromatic N) is 1. The summed E-state index contributed by atoms with van der Waals surface area (Å²) in [5.74, 6) is -0.728. The van der Waals surface area contributed by atoms with Gasteiger partial charge < -0.3 is 5.32 Å². The van der Waals surface area contributed by atoms with Crippen LogP contribution in [0.1, 0.15) is 33.4 Å². The highest BCUT2D eigenvalue weighted by Gasteiger charge is 2.41. The Morgan fingerprint density at radius 2 is 1.41 bits per heavy atom. The summed E-state index contributed by atoms with van der Waals surface area (Å²) in [6.07, 6.45) is 0. The first-order chi connectivity index (χ1) is 15.2. The van der Waals surface area contributed by atoms with Crippen LogP contribution >= 0.6 is 11.6 Å². The summed E-state index contributed by atoms with van der Waals surface area (Å²) in [5.41, 5.74) is 7.64. The Kier molecular flexibility index (Phi) is 5.66. The lowest BCUT2D eigenvalue weighted by Gasteiger charge is -2.18. The number of benzene rings is 3. The van der Waals surface area contributed by atoms with Crippen molar-refractivity contribution in [1.29, 1.82) is 0 Å². The van der Waals surface area contributed by atoms with Gasteiger partial charge in [0.25, 0.3) is 11.8 Å². The molecule has 0 atom stereocenters. The molecule has 0 aliphatic carbocycles. The molecule has 0 spiro atoms. The van der Waals surface area contributed by atoms with E-state index in [2.05, 4.69) is 11.4 Å². The molecule has 0 unspecified atom stereocenters. The number of rotatable bonds is 4. The summed E-state index contributed by atoms with van der Waals surface area (Å²) in [6, 6.07) is 17.0. The Morgan fingerprint density at radius 1 is 0.719 bits per heavy atom. The van der Waals surface area contributed by atoms with Gasteiger partial charge in [-0.05, 0) is 92.8 Å². The first-order valence-corrected chi connectivity index (χ1v) is 10.9. The minimum atomic E-state index is -0.380. The number of imide groups is 1. The quantitative estimate of drug-likeness (QED) is 0.482. The van der Waals surface area contributed by atoms with E-state index in [1.807, 2.05) is 65.0 Å². The molecule has 0 saturated carbocycles. The number of carbonyl (C=O) groups is 2. The molecule has 0 aromatic heterocycles. The monoisotopic (exact) mass is 444 g/mol. The first-order valence-electron chi connectivity index (χ1n) is 10.5. The van der Waals surface area contributed by atoms with Gasteiger partial charge in [-0.25, -0.2) is 4.90 Å². The van der Waals surface area contributed by atoms with Gasteiger partial charge in [0.15, 0.2) is 0 Å². The minimum absolute atomic E-state index is 0.279. The van der Waals surface area contributed by atoms with Crippen molar-refractivity contribution < 1.29 is 9.59 Å². The summed E-state index contributed by atoms with van der Waals surface area (Å²) in [5, 5.41) is 3.82. The van der Waals surface area contributed by atoms with Crippen molar-refractivity contribution in [2.45, 2.75) is 34.6 Å². The Balaban J connectivity index is 1.89. The molecule has 4 rings (SSSR count). The number of hydrogen-bond acceptors (Lipinski definition) is 3. The molecule has 1 aliphatic rings. The number of carbonyl (C=O) groups excluding carboxylic acids is 2. The van der Waals surface area contributed by atoms with Crippen LogP contribution in [0.2, 0.25) is 5.02 Å². The fourth-order valence-corrected chi connectivity index (χ4v) is 4.50. The van der Waals surface area contributed by atoms with E-state index in [0.29, 0.717) is 16.3 Å². The highest BCUT2D eigenvalue weighted by molar-refractivity contribution is 6.46. The largest absolute Gasteiger partial charge is 0.350 e. The molecule has 1 aliphatic heterocycles. The van der Waals surface area contributed by atoms with Gasteiger partial charge in [0.05, 0.1) is 11.3 Å². The molecule has 162 valence electrons. The van der Waals surface area contributed by atoms with Crippen LogP contribution in [0.4, 0.5) is 11.4 Å². The average molecular weight is 445 g/mol. The second-order valence-electron chi connectivity index (χ2n) is 8.45. The van der Waals surface area contributed by atoms with Gasteiger partial charge in [0.2, 0.25) is 0 Å². The van der Waals surface area contributed by atoms with Gasteiger partial charge in [-0.3, -0.25) is 9.59 Å². The van der Waals surface area contributed by atoms with Crippen molar-refractivity contribution in [3.05, 3.63) is 98.7 Å². The van der Waals surface area contributed by atoms with Crippen molar-refractivity contribution >= 4 is 40.4 Å². The Morgan fingerprint density at radius 3 is 2.03 bits per heavy atom. The second kappa shape index (κ2) is 8.29. The summed E-state index contributed by atoms with van der Waals surface area (Å²) >= 11 is 6.11. The van der Waals surface area contributed by atoms with Gasteiger partial charge in [0.1, 0.15) is 5.70 Å². The standard InChI is InChI=1S/C27H25ClN2O2/c1-15-6-8-22(18(4)11-15)24-25(29-21-12-16(2)10-17(3)13-21)27(32)30(26(24)31)23-9-7-20(28)14-19(23)5/h6-14,29H,1-5H3. The summed E-state index contributed by atoms with van der Waals surface area (Å²) in [4.78, 5) is 28.6. The smallest absolute Gasteiger partial charge is 0.282 e. The third-order valence-electron chi connectivity index (χ3n) is 5.63. The molecule has 0 bridgehead atoms. The fourth-order valence-electron chi connectivity index (χ4n) is 4.27. The summed E-state index contributed by atoms with van der Waals surface area (Å²) in [7, 11) is 0. The highest BCUT2D eigenvalue weighted by Crippen LogP contribution is 2.37. The zero-order chi connectivity index (χ0) is 23.2. The van der Waals surface area contributed by atoms with Gasteiger partial charge in [-0.15, -0.1) is 0 Å². The van der Waals surface area contributed by atoms with E-state index < -0.39 is 0 Å². The van der Waals surface area contributed by atoms with Crippen LogP contribution in [-0.4, -0.2) is 11.8 Å². The van der Waals surface area contributed by atoms with Crippen molar-refractivity contribution in [2.75, 3.05) is 10.2 Å². The highest BCUT2D eigenvalue weighted by atomic mass is 35.5. The van der Waals surface area contributed by atoms with Crippen LogP contribution in [-0.2, 0) is 9.59 Å². The van der Waals surface area contributed by atoms with E-state index >= 15 is 0 Å². The molecule has 0 saturated heterocycles. The Bertz CT molecular complexity index is 1290. The molecule has 4 nitrogen and oxygen atoms in total. The topological polar surface area (TPSA) is 49.4 Å². The lowest BCUT2D eigenvalue weighted by Crippen LogP contribution is -2.33. The van der Waals surface area contributed by atoms with Crippen molar-refractivity contribution in [1.82, 2.24) is 0 Å². The fraction of sp³-hybridized carbons (Fsp3) is 0.185. The zero-order valence-electron chi connectivity index (χ0n) is 18.8.